The van der Waals surface area contributed by atoms with Crippen molar-refractivity contribution >= 4 is 30.3 Å². The van der Waals surface area contributed by atoms with Crippen molar-refractivity contribution < 1.29 is 29.3 Å². The predicted octanol–water partition coefficient (Wildman–Crippen LogP) is 3.48. The van der Waals surface area contributed by atoms with Crippen LogP contribution in [0.5, 0.6) is 23.0 Å². The molecule has 32 heavy (non-hydrogen) atoms. The first-order chi connectivity index (χ1) is 15.3. The Morgan fingerprint density at radius 2 is 1.56 bits per heavy atom. The Kier molecular flexibility index (Phi) is 4.45. The van der Waals surface area contributed by atoms with Crippen LogP contribution in [0.2, 0.25) is 0 Å². The number of anilines is 1. The largest absolute Gasteiger partial charge is 0.508 e. The average molecular weight is 450 g/mol. The maximum absolute atomic E-state index is 13.1. The van der Waals surface area contributed by atoms with Gasteiger partial charge in [0.2, 0.25) is 0 Å². The highest BCUT2D eigenvalue weighted by Crippen LogP contribution is 2.57. The van der Waals surface area contributed by atoms with Gasteiger partial charge in [-0.1, -0.05) is 6.07 Å². The van der Waals surface area contributed by atoms with Gasteiger partial charge in [-0.15, -0.1) is 0 Å². The summed E-state index contributed by atoms with van der Waals surface area (Å²) in [4.78, 5) is 26.3. The van der Waals surface area contributed by atoms with Crippen LogP contribution in [0.3, 0.4) is 0 Å². The number of urea groups is 1. The minimum atomic E-state index is -1.35. The zero-order valence-electron chi connectivity index (χ0n) is 16.6. The lowest BCUT2D eigenvalue weighted by molar-refractivity contribution is 0.0224. The molecule has 0 unspecified atom stereocenters. The van der Waals surface area contributed by atoms with Crippen LogP contribution in [0, 0.1) is 0 Å². The average Bonchev–Trinajstić information content (AvgIpc) is 3.04. The van der Waals surface area contributed by atoms with Crippen molar-refractivity contribution in [1.82, 2.24) is 0 Å². The van der Waals surface area contributed by atoms with Crippen LogP contribution in [0.1, 0.15) is 27.0 Å². The molecule has 0 bridgehead atoms. The Balaban J connectivity index is 1.76. The number of benzene rings is 3. The number of primary amides is 1. The molecule has 9 heteroatoms. The third kappa shape index (κ3) is 2.78. The van der Waals surface area contributed by atoms with Gasteiger partial charge < -0.3 is 25.4 Å². The van der Waals surface area contributed by atoms with Gasteiger partial charge in [0.05, 0.1) is 5.56 Å². The highest BCUT2D eigenvalue weighted by atomic mass is 32.1. The number of esters is 1. The highest BCUT2D eigenvalue weighted by molar-refractivity contribution is 7.80. The fourth-order valence-corrected chi connectivity index (χ4v) is 4.53. The van der Waals surface area contributed by atoms with Gasteiger partial charge in [-0.2, -0.15) is 12.6 Å². The number of hydrogen-bond acceptors (Lipinski definition) is 7. The number of phenols is 2. The minimum Gasteiger partial charge on any atom is -0.508 e. The number of hydrogen-bond donors (Lipinski definition) is 4. The molecule has 0 aromatic heterocycles. The highest BCUT2D eigenvalue weighted by Gasteiger charge is 2.53. The standard InChI is InChI=1S/C23H18N2O6S/c24-22(29)25(7-8-32)12-1-4-16-15(9-12)21(28)31-23(16)17-5-2-13(26)10-19(17)30-20-11-14(27)3-6-18(20)23/h1-6,9-11,26-27,32H,7-8H2,(H2,24,29). The molecule has 0 atom stereocenters. The molecule has 162 valence electrons. The molecule has 0 fully saturated rings. The van der Waals surface area contributed by atoms with E-state index in [0.29, 0.717) is 39.6 Å². The molecule has 5 rings (SSSR count). The zero-order chi connectivity index (χ0) is 22.6. The Bertz CT molecular complexity index is 1240. The summed E-state index contributed by atoms with van der Waals surface area (Å²) in [7, 11) is 0. The Labute approximate surface area is 188 Å². The summed E-state index contributed by atoms with van der Waals surface area (Å²) in [5.41, 5.74) is 6.46. The number of phenolic OH excluding ortho intramolecular Hbond substituents is 2. The molecule has 0 aliphatic carbocycles. The molecule has 0 saturated carbocycles. The topological polar surface area (TPSA) is 122 Å². The lowest BCUT2D eigenvalue weighted by Gasteiger charge is -2.36. The zero-order valence-corrected chi connectivity index (χ0v) is 17.5. The van der Waals surface area contributed by atoms with Gasteiger partial charge in [-0.3, -0.25) is 4.90 Å². The first-order valence-electron chi connectivity index (χ1n) is 9.75. The molecular formula is C23H18N2O6S. The lowest BCUT2D eigenvalue weighted by atomic mass is 9.77. The number of nitrogens with two attached hydrogens (primary N) is 1. The fraction of sp³-hybridized carbons (Fsp3) is 0.130. The van der Waals surface area contributed by atoms with E-state index in [1.54, 1.807) is 30.3 Å². The molecule has 4 N–H and O–H groups in total. The van der Waals surface area contributed by atoms with E-state index in [-0.39, 0.29) is 23.6 Å². The van der Waals surface area contributed by atoms with Crippen molar-refractivity contribution in [3.8, 4) is 23.0 Å². The minimum absolute atomic E-state index is 0.0220. The molecular weight excluding hydrogens is 432 g/mol. The first-order valence-corrected chi connectivity index (χ1v) is 10.4. The predicted molar refractivity (Wildman–Crippen MR) is 119 cm³/mol. The van der Waals surface area contributed by atoms with E-state index in [1.807, 2.05) is 0 Å². The Morgan fingerprint density at radius 3 is 2.12 bits per heavy atom. The van der Waals surface area contributed by atoms with Crippen LogP contribution in [0.25, 0.3) is 0 Å². The molecule has 2 heterocycles. The van der Waals surface area contributed by atoms with E-state index in [4.69, 9.17) is 15.2 Å². The van der Waals surface area contributed by atoms with Crippen molar-refractivity contribution in [1.29, 1.82) is 0 Å². The summed E-state index contributed by atoms with van der Waals surface area (Å²) < 4.78 is 11.9. The maximum Gasteiger partial charge on any atom is 0.340 e. The SMILES string of the molecule is NC(=O)N(CCS)c1ccc2c(c1)C(=O)OC21c2ccc(O)cc2Oc2cc(O)ccc21. The van der Waals surface area contributed by atoms with Crippen LogP contribution in [-0.2, 0) is 10.3 Å². The summed E-state index contributed by atoms with van der Waals surface area (Å²) in [6, 6.07) is 13.4. The van der Waals surface area contributed by atoms with E-state index in [2.05, 4.69) is 12.6 Å². The molecule has 2 aliphatic heterocycles. The molecule has 8 nitrogen and oxygen atoms in total. The third-order valence-corrected chi connectivity index (χ3v) is 5.86. The number of nitrogens with zero attached hydrogens (tertiary/aromatic N) is 1. The van der Waals surface area contributed by atoms with E-state index in [0.717, 1.165) is 0 Å². The van der Waals surface area contributed by atoms with Crippen molar-refractivity contribution in [2.45, 2.75) is 5.60 Å². The molecule has 3 aromatic carbocycles. The molecule has 1 spiro atoms. The Hall–Kier alpha value is -3.85. The Morgan fingerprint density at radius 1 is 0.969 bits per heavy atom. The molecule has 2 aliphatic rings. The summed E-state index contributed by atoms with van der Waals surface area (Å²) in [6.45, 7) is 0.273. The number of rotatable bonds is 3. The summed E-state index contributed by atoms with van der Waals surface area (Å²) in [5, 5.41) is 20.0. The number of fused-ring (bicyclic) bond motifs is 6. The van der Waals surface area contributed by atoms with Crippen LogP contribution < -0.4 is 15.4 Å². The van der Waals surface area contributed by atoms with Crippen molar-refractivity contribution in [2.24, 2.45) is 5.73 Å². The van der Waals surface area contributed by atoms with Gasteiger partial charge in [0.15, 0.2) is 5.60 Å². The summed E-state index contributed by atoms with van der Waals surface area (Å²) in [5.74, 6) is 0.345. The summed E-state index contributed by atoms with van der Waals surface area (Å²) >= 11 is 4.17. The van der Waals surface area contributed by atoms with Gasteiger partial charge in [0.1, 0.15) is 23.0 Å². The number of carbonyl (C=O) groups excluding carboxylic acids is 2. The second kappa shape index (κ2) is 7.10. The monoisotopic (exact) mass is 450 g/mol. The first kappa shape index (κ1) is 20.1. The van der Waals surface area contributed by atoms with Gasteiger partial charge in [-0.25, -0.2) is 9.59 Å². The van der Waals surface area contributed by atoms with E-state index in [1.165, 1.54) is 29.2 Å². The van der Waals surface area contributed by atoms with Crippen LogP contribution in [-0.4, -0.2) is 34.5 Å². The van der Waals surface area contributed by atoms with E-state index < -0.39 is 17.6 Å². The van der Waals surface area contributed by atoms with Gasteiger partial charge >= 0.3 is 12.0 Å². The van der Waals surface area contributed by atoms with Crippen molar-refractivity contribution in [3.63, 3.8) is 0 Å². The number of carbonyl (C=O) groups is 2. The normalized spacial score (nSPS) is 14.7. The van der Waals surface area contributed by atoms with E-state index >= 15 is 0 Å². The van der Waals surface area contributed by atoms with Crippen molar-refractivity contribution in [3.05, 3.63) is 76.9 Å². The smallest absolute Gasteiger partial charge is 0.340 e. The van der Waals surface area contributed by atoms with Crippen molar-refractivity contribution in [2.75, 3.05) is 17.2 Å². The lowest BCUT2D eigenvalue weighted by Crippen LogP contribution is -2.37. The molecule has 3 aromatic rings. The van der Waals surface area contributed by atoms with Crippen LogP contribution in [0.15, 0.2) is 54.6 Å². The van der Waals surface area contributed by atoms with Crippen LogP contribution >= 0.6 is 12.6 Å². The molecule has 2 amide bonds. The molecule has 0 radical (unpaired) electrons. The molecule has 0 saturated heterocycles. The number of aromatic hydroxyl groups is 2. The maximum atomic E-state index is 13.1. The number of ether oxygens (including phenoxy) is 2. The second-order valence-electron chi connectivity index (χ2n) is 7.48. The quantitative estimate of drug-likeness (QED) is 0.358. The van der Waals surface area contributed by atoms with E-state index in [9.17, 15) is 19.8 Å². The third-order valence-electron chi connectivity index (χ3n) is 5.66. The number of thiol groups is 1. The second-order valence-corrected chi connectivity index (χ2v) is 7.92. The van der Waals surface area contributed by atoms with Gasteiger partial charge in [0.25, 0.3) is 0 Å². The fourth-order valence-electron chi connectivity index (χ4n) is 4.33. The number of amides is 2. The van der Waals surface area contributed by atoms with Gasteiger partial charge in [0, 0.05) is 46.8 Å². The van der Waals surface area contributed by atoms with Gasteiger partial charge in [-0.05, 0) is 36.4 Å². The van der Waals surface area contributed by atoms with Crippen LogP contribution in [0.4, 0.5) is 10.5 Å². The summed E-state index contributed by atoms with van der Waals surface area (Å²) in [6.07, 6.45) is 0.